The number of anilines is 1. The Labute approximate surface area is 98.2 Å². The largest absolute Gasteiger partial charge is 0.465 e. The van der Waals surface area contributed by atoms with E-state index in [9.17, 15) is 9.59 Å². The summed E-state index contributed by atoms with van der Waals surface area (Å²) in [6.07, 6.45) is -0.740. The number of hydrogen-bond donors (Lipinski definition) is 2. The summed E-state index contributed by atoms with van der Waals surface area (Å²) in [6, 6.07) is 6.38. The molecule has 1 amide bonds. The lowest BCUT2D eigenvalue weighted by Gasteiger charge is -2.09. The molecule has 0 unspecified atom stereocenters. The van der Waals surface area contributed by atoms with E-state index in [1.54, 1.807) is 18.2 Å². The SMILES string of the molecule is COC(=O)c1ccccc1NC(=O)OCCO. The second-order valence-corrected chi connectivity index (χ2v) is 3.02. The molecular weight excluding hydrogens is 226 g/mol. The average Bonchev–Trinajstić information content (AvgIpc) is 2.36. The molecule has 1 aromatic carbocycles. The summed E-state index contributed by atoms with van der Waals surface area (Å²) in [5, 5.41) is 10.9. The number of esters is 1. The number of para-hydroxylation sites is 1. The summed E-state index contributed by atoms with van der Waals surface area (Å²) in [4.78, 5) is 22.6. The Bertz CT molecular complexity index is 405. The number of ether oxygens (including phenoxy) is 2. The molecule has 17 heavy (non-hydrogen) atoms. The number of benzene rings is 1. The van der Waals surface area contributed by atoms with Crippen LogP contribution in [0, 0.1) is 0 Å². The molecule has 0 fully saturated rings. The van der Waals surface area contributed by atoms with Crippen LogP contribution in [0.2, 0.25) is 0 Å². The van der Waals surface area contributed by atoms with Crippen molar-refractivity contribution in [3.8, 4) is 0 Å². The van der Waals surface area contributed by atoms with Gasteiger partial charge in [-0.1, -0.05) is 12.1 Å². The Balaban J connectivity index is 2.76. The Kier molecular flexibility index (Phi) is 4.96. The lowest BCUT2D eigenvalue weighted by Crippen LogP contribution is -2.18. The van der Waals surface area contributed by atoms with Gasteiger partial charge in [0.25, 0.3) is 0 Å². The van der Waals surface area contributed by atoms with Crippen molar-refractivity contribution in [1.29, 1.82) is 0 Å². The lowest BCUT2D eigenvalue weighted by atomic mass is 10.2. The molecule has 0 aliphatic heterocycles. The first-order chi connectivity index (χ1) is 8.19. The second kappa shape index (κ2) is 6.49. The van der Waals surface area contributed by atoms with Gasteiger partial charge in [0.2, 0.25) is 0 Å². The van der Waals surface area contributed by atoms with Crippen LogP contribution in [0.4, 0.5) is 10.5 Å². The maximum atomic E-state index is 11.4. The zero-order valence-corrected chi connectivity index (χ0v) is 9.30. The van der Waals surface area contributed by atoms with Crippen LogP contribution in [-0.4, -0.2) is 37.5 Å². The highest BCUT2D eigenvalue weighted by atomic mass is 16.6. The molecule has 1 aromatic rings. The van der Waals surface area contributed by atoms with Gasteiger partial charge in [0.1, 0.15) is 6.61 Å². The van der Waals surface area contributed by atoms with Crippen molar-refractivity contribution < 1.29 is 24.2 Å². The molecule has 0 saturated heterocycles. The first-order valence-electron chi connectivity index (χ1n) is 4.91. The van der Waals surface area contributed by atoms with E-state index in [0.29, 0.717) is 5.69 Å². The molecule has 6 heteroatoms. The van der Waals surface area contributed by atoms with Crippen molar-refractivity contribution in [1.82, 2.24) is 0 Å². The second-order valence-electron chi connectivity index (χ2n) is 3.02. The number of aliphatic hydroxyl groups excluding tert-OH is 1. The van der Waals surface area contributed by atoms with Gasteiger partial charge in [-0.3, -0.25) is 5.32 Å². The maximum absolute atomic E-state index is 11.4. The van der Waals surface area contributed by atoms with Gasteiger partial charge >= 0.3 is 12.1 Å². The van der Waals surface area contributed by atoms with E-state index >= 15 is 0 Å². The first kappa shape index (κ1) is 13.0. The molecule has 0 radical (unpaired) electrons. The predicted octanol–water partition coefficient (Wildman–Crippen LogP) is 1.01. The van der Waals surface area contributed by atoms with Gasteiger partial charge in [-0.25, -0.2) is 9.59 Å². The molecule has 2 N–H and O–H groups in total. The van der Waals surface area contributed by atoms with Crippen molar-refractivity contribution in [2.45, 2.75) is 0 Å². The Morgan fingerprint density at radius 2 is 2.06 bits per heavy atom. The minimum Gasteiger partial charge on any atom is -0.465 e. The van der Waals surface area contributed by atoms with Crippen molar-refractivity contribution in [3.05, 3.63) is 29.8 Å². The zero-order chi connectivity index (χ0) is 12.7. The molecule has 0 heterocycles. The van der Waals surface area contributed by atoms with Gasteiger partial charge in [-0.2, -0.15) is 0 Å². The molecule has 0 aliphatic carbocycles. The van der Waals surface area contributed by atoms with Gasteiger partial charge in [-0.05, 0) is 12.1 Å². The van der Waals surface area contributed by atoms with E-state index in [2.05, 4.69) is 14.8 Å². The maximum Gasteiger partial charge on any atom is 0.411 e. The number of aliphatic hydroxyl groups is 1. The summed E-state index contributed by atoms with van der Waals surface area (Å²) < 4.78 is 9.18. The van der Waals surface area contributed by atoms with Gasteiger partial charge in [0.15, 0.2) is 0 Å². The highest BCUT2D eigenvalue weighted by Crippen LogP contribution is 2.16. The molecule has 6 nitrogen and oxygen atoms in total. The number of hydrogen-bond acceptors (Lipinski definition) is 5. The average molecular weight is 239 g/mol. The Hall–Kier alpha value is -2.08. The molecule has 0 aromatic heterocycles. The number of amides is 1. The molecule has 0 bridgehead atoms. The molecule has 1 rings (SSSR count). The molecule has 0 atom stereocenters. The van der Waals surface area contributed by atoms with Crippen LogP contribution in [0.3, 0.4) is 0 Å². The fraction of sp³-hybridized carbons (Fsp3) is 0.273. The third-order valence-electron chi connectivity index (χ3n) is 1.89. The quantitative estimate of drug-likeness (QED) is 0.766. The van der Waals surface area contributed by atoms with E-state index in [0.717, 1.165) is 0 Å². The number of rotatable bonds is 4. The summed E-state index contributed by atoms with van der Waals surface area (Å²) in [7, 11) is 1.25. The van der Waals surface area contributed by atoms with Crippen molar-refractivity contribution >= 4 is 17.7 Å². The van der Waals surface area contributed by atoms with Crippen LogP contribution in [0.15, 0.2) is 24.3 Å². The highest BCUT2D eigenvalue weighted by Gasteiger charge is 2.13. The summed E-state index contributed by atoms with van der Waals surface area (Å²) in [6.45, 7) is -0.363. The third kappa shape index (κ3) is 3.76. The van der Waals surface area contributed by atoms with E-state index in [1.807, 2.05) is 0 Å². The number of carbonyl (C=O) groups is 2. The minimum atomic E-state index is -0.740. The van der Waals surface area contributed by atoms with Crippen LogP contribution in [0.5, 0.6) is 0 Å². The highest BCUT2D eigenvalue weighted by molar-refractivity contribution is 5.99. The minimum absolute atomic E-state index is 0.105. The fourth-order valence-electron chi connectivity index (χ4n) is 1.16. The molecule has 92 valence electrons. The monoisotopic (exact) mass is 239 g/mol. The summed E-state index contributed by atoms with van der Waals surface area (Å²) in [5.41, 5.74) is 0.526. The summed E-state index contributed by atoms with van der Waals surface area (Å²) in [5.74, 6) is -0.553. The molecular formula is C11H13NO5. The zero-order valence-electron chi connectivity index (χ0n) is 9.30. The standard InChI is InChI=1S/C11H13NO5/c1-16-10(14)8-4-2-3-5-9(8)12-11(15)17-7-6-13/h2-5,13H,6-7H2,1H3,(H,12,15). The molecule has 0 aliphatic rings. The van der Waals surface area contributed by atoms with Gasteiger partial charge < -0.3 is 14.6 Å². The Morgan fingerprint density at radius 1 is 1.35 bits per heavy atom. The van der Waals surface area contributed by atoms with Crippen LogP contribution in [-0.2, 0) is 9.47 Å². The lowest BCUT2D eigenvalue weighted by molar-refractivity contribution is 0.0602. The van der Waals surface area contributed by atoms with E-state index in [1.165, 1.54) is 13.2 Å². The van der Waals surface area contributed by atoms with Gasteiger partial charge in [-0.15, -0.1) is 0 Å². The number of nitrogens with one attached hydrogen (secondary N) is 1. The number of carbonyl (C=O) groups excluding carboxylic acids is 2. The normalized spacial score (nSPS) is 9.53. The summed E-state index contributed by atoms with van der Waals surface area (Å²) >= 11 is 0. The Morgan fingerprint density at radius 3 is 2.71 bits per heavy atom. The topological polar surface area (TPSA) is 84.9 Å². The van der Waals surface area contributed by atoms with Crippen LogP contribution < -0.4 is 5.32 Å². The van der Waals surface area contributed by atoms with E-state index in [4.69, 9.17) is 5.11 Å². The van der Waals surface area contributed by atoms with Crippen molar-refractivity contribution in [2.24, 2.45) is 0 Å². The van der Waals surface area contributed by atoms with Crippen molar-refractivity contribution in [2.75, 3.05) is 25.6 Å². The van der Waals surface area contributed by atoms with E-state index in [-0.39, 0.29) is 18.8 Å². The van der Waals surface area contributed by atoms with Gasteiger partial charge in [0.05, 0.1) is 25.0 Å². The van der Waals surface area contributed by atoms with Crippen LogP contribution >= 0.6 is 0 Å². The third-order valence-corrected chi connectivity index (χ3v) is 1.89. The first-order valence-corrected chi connectivity index (χ1v) is 4.91. The van der Waals surface area contributed by atoms with E-state index < -0.39 is 12.1 Å². The van der Waals surface area contributed by atoms with Crippen LogP contribution in [0.25, 0.3) is 0 Å². The number of methoxy groups -OCH3 is 1. The molecule has 0 spiro atoms. The fourth-order valence-corrected chi connectivity index (χ4v) is 1.16. The smallest absolute Gasteiger partial charge is 0.411 e. The predicted molar refractivity (Wildman–Crippen MR) is 59.8 cm³/mol. The van der Waals surface area contributed by atoms with Crippen molar-refractivity contribution in [3.63, 3.8) is 0 Å². The van der Waals surface area contributed by atoms with Gasteiger partial charge in [0, 0.05) is 0 Å². The van der Waals surface area contributed by atoms with Crippen LogP contribution in [0.1, 0.15) is 10.4 Å². The molecule has 0 saturated carbocycles.